The standard InChI is InChI=1S/C26H29N5O3/c1-17-13-19-14-23(33-4)24(34-5)15-22(19)25(29-31(17)26(32)27-2)18-8-10-20(11-9-18)30(3)21-7-6-12-28-16-21/h6-12,14-17H,13H2,1-5H3,(H,27,32). The van der Waals surface area contributed by atoms with E-state index in [1.165, 1.54) is 5.01 Å². The number of hydrogen-bond acceptors (Lipinski definition) is 6. The number of pyridine rings is 1. The highest BCUT2D eigenvalue weighted by Crippen LogP contribution is 2.35. The lowest BCUT2D eigenvalue weighted by atomic mass is 9.94. The Morgan fingerprint density at radius 1 is 1.09 bits per heavy atom. The van der Waals surface area contributed by atoms with Crippen molar-refractivity contribution in [1.29, 1.82) is 0 Å². The molecule has 0 fully saturated rings. The summed E-state index contributed by atoms with van der Waals surface area (Å²) in [7, 11) is 6.84. The van der Waals surface area contributed by atoms with E-state index in [9.17, 15) is 4.79 Å². The molecule has 0 radical (unpaired) electrons. The Labute approximate surface area is 199 Å². The molecule has 176 valence electrons. The van der Waals surface area contributed by atoms with Crippen LogP contribution >= 0.6 is 0 Å². The summed E-state index contributed by atoms with van der Waals surface area (Å²) in [6.45, 7) is 1.98. The number of carbonyl (C=O) groups excluding carboxylic acids is 1. The maximum Gasteiger partial charge on any atom is 0.337 e. The van der Waals surface area contributed by atoms with E-state index in [4.69, 9.17) is 14.6 Å². The average Bonchev–Trinajstić information content (AvgIpc) is 3.03. The van der Waals surface area contributed by atoms with Crippen molar-refractivity contribution in [3.8, 4) is 11.5 Å². The van der Waals surface area contributed by atoms with Crippen molar-refractivity contribution in [2.75, 3.05) is 33.2 Å². The molecule has 1 atom stereocenters. The molecule has 0 aliphatic carbocycles. The first-order chi connectivity index (χ1) is 16.5. The van der Waals surface area contributed by atoms with Gasteiger partial charge in [-0.05, 0) is 55.3 Å². The second-order valence-corrected chi connectivity index (χ2v) is 8.08. The van der Waals surface area contributed by atoms with Crippen molar-refractivity contribution in [2.24, 2.45) is 5.10 Å². The molecule has 4 rings (SSSR count). The first kappa shape index (κ1) is 23.1. The van der Waals surface area contributed by atoms with Crippen molar-refractivity contribution >= 4 is 23.1 Å². The van der Waals surface area contributed by atoms with Crippen LogP contribution in [0.15, 0.2) is 66.0 Å². The lowest BCUT2D eigenvalue weighted by Gasteiger charge is -2.22. The number of carbonyl (C=O) groups is 1. The Bertz CT molecular complexity index is 1200. The summed E-state index contributed by atoms with van der Waals surface area (Å²) in [5, 5.41) is 9.02. The van der Waals surface area contributed by atoms with Gasteiger partial charge in [0, 0.05) is 37.1 Å². The Morgan fingerprint density at radius 3 is 2.41 bits per heavy atom. The number of hydrogen-bond donors (Lipinski definition) is 1. The van der Waals surface area contributed by atoms with Crippen LogP contribution in [-0.2, 0) is 6.42 Å². The number of methoxy groups -OCH3 is 2. The predicted molar refractivity (Wildman–Crippen MR) is 133 cm³/mol. The zero-order valence-electron chi connectivity index (χ0n) is 20.1. The van der Waals surface area contributed by atoms with Gasteiger partial charge in [-0.1, -0.05) is 12.1 Å². The molecule has 2 heterocycles. The first-order valence-corrected chi connectivity index (χ1v) is 11.1. The van der Waals surface area contributed by atoms with Crippen LogP contribution in [0.5, 0.6) is 11.5 Å². The van der Waals surface area contributed by atoms with Crippen LogP contribution in [0.25, 0.3) is 0 Å². The van der Waals surface area contributed by atoms with E-state index in [0.717, 1.165) is 28.1 Å². The van der Waals surface area contributed by atoms with Crippen LogP contribution in [-0.4, -0.2) is 56.1 Å². The maximum absolute atomic E-state index is 12.7. The highest BCUT2D eigenvalue weighted by molar-refractivity contribution is 6.14. The molecule has 3 aromatic rings. The molecule has 34 heavy (non-hydrogen) atoms. The fourth-order valence-electron chi connectivity index (χ4n) is 4.09. The van der Waals surface area contributed by atoms with Crippen molar-refractivity contribution in [3.05, 3.63) is 77.6 Å². The van der Waals surface area contributed by atoms with E-state index in [-0.39, 0.29) is 12.1 Å². The lowest BCUT2D eigenvalue weighted by molar-refractivity contribution is 0.184. The number of hydrazone groups is 1. The quantitative estimate of drug-likeness (QED) is 0.619. The van der Waals surface area contributed by atoms with E-state index in [1.807, 2.05) is 68.7 Å². The van der Waals surface area contributed by atoms with Gasteiger partial charge in [0.25, 0.3) is 0 Å². The topological polar surface area (TPSA) is 79.3 Å². The van der Waals surface area contributed by atoms with Gasteiger partial charge in [-0.15, -0.1) is 0 Å². The van der Waals surface area contributed by atoms with E-state index >= 15 is 0 Å². The monoisotopic (exact) mass is 459 g/mol. The van der Waals surface area contributed by atoms with E-state index in [2.05, 4.69) is 15.2 Å². The van der Waals surface area contributed by atoms with Crippen LogP contribution in [0.3, 0.4) is 0 Å². The Hall–Kier alpha value is -4.07. The summed E-state index contributed by atoms with van der Waals surface area (Å²) in [4.78, 5) is 18.9. The Kier molecular flexibility index (Phi) is 6.67. The van der Waals surface area contributed by atoms with Gasteiger partial charge in [-0.25, -0.2) is 9.80 Å². The van der Waals surface area contributed by atoms with Gasteiger partial charge in [0.05, 0.1) is 37.9 Å². The number of nitrogens with one attached hydrogen (secondary N) is 1. The summed E-state index contributed by atoms with van der Waals surface area (Å²) < 4.78 is 11.1. The van der Waals surface area contributed by atoms with Crippen LogP contribution in [0.2, 0.25) is 0 Å². The van der Waals surface area contributed by atoms with Crippen LogP contribution in [0, 0.1) is 0 Å². The van der Waals surface area contributed by atoms with Gasteiger partial charge in [0.15, 0.2) is 11.5 Å². The second kappa shape index (κ2) is 9.82. The van der Waals surface area contributed by atoms with Gasteiger partial charge in [-0.3, -0.25) is 4.98 Å². The average molecular weight is 460 g/mol. The highest BCUT2D eigenvalue weighted by Gasteiger charge is 2.28. The van der Waals surface area contributed by atoms with Crippen LogP contribution in [0.1, 0.15) is 23.6 Å². The molecule has 0 saturated carbocycles. The second-order valence-electron chi connectivity index (χ2n) is 8.08. The van der Waals surface area contributed by atoms with Gasteiger partial charge in [0.1, 0.15) is 0 Å². The fraction of sp³-hybridized carbons (Fsp3) is 0.269. The van der Waals surface area contributed by atoms with Gasteiger partial charge in [-0.2, -0.15) is 5.10 Å². The van der Waals surface area contributed by atoms with Gasteiger partial charge >= 0.3 is 6.03 Å². The number of fused-ring (bicyclic) bond motifs is 1. The Balaban J connectivity index is 1.81. The molecule has 8 heteroatoms. The molecule has 1 aliphatic heterocycles. The Morgan fingerprint density at radius 2 is 1.79 bits per heavy atom. The number of anilines is 2. The summed E-state index contributed by atoms with van der Waals surface area (Å²) in [5.41, 5.74) is 5.52. The molecule has 2 amide bonds. The normalized spacial score (nSPS) is 15.0. The first-order valence-electron chi connectivity index (χ1n) is 11.1. The summed E-state index contributed by atoms with van der Waals surface area (Å²) in [6, 6.07) is 15.5. The minimum atomic E-state index is -0.260. The minimum Gasteiger partial charge on any atom is -0.493 e. The maximum atomic E-state index is 12.7. The highest BCUT2D eigenvalue weighted by atomic mass is 16.5. The molecule has 1 aromatic heterocycles. The SMILES string of the molecule is CNC(=O)N1N=C(c2ccc(N(C)c3cccnc3)cc2)c2cc(OC)c(OC)cc2CC1C. The molecule has 1 aliphatic rings. The molecular formula is C26H29N5O3. The van der Waals surface area contributed by atoms with E-state index in [0.29, 0.717) is 23.6 Å². The molecule has 1 unspecified atom stereocenters. The number of aromatic nitrogens is 1. The molecule has 2 aromatic carbocycles. The molecule has 1 N–H and O–H groups in total. The molecular weight excluding hydrogens is 430 g/mol. The number of rotatable bonds is 5. The van der Waals surface area contributed by atoms with Crippen molar-refractivity contribution in [2.45, 2.75) is 19.4 Å². The largest absolute Gasteiger partial charge is 0.493 e. The van der Waals surface area contributed by atoms with E-state index < -0.39 is 0 Å². The fourth-order valence-corrected chi connectivity index (χ4v) is 4.09. The summed E-state index contributed by atoms with van der Waals surface area (Å²) >= 11 is 0. The molecule has 0 bridgehead atoms. The van der Waals surface area contributed by atoms with Crippen molar-refractivity contribution < 1.29 is 14.3 Å². The molecule has 8 nitrogen and oxygen atoms in total. The third-order valence-corrected chi connectivity index (χ3v) is 5.99. The number of amides is 2. The number of nitrogens with zero attached hydrogens (tertiary/aromatic N) is 4. The molecule has 0 saturated heterocycles. The van der Waals surface area contributed by atoms with E-state index in [1.54, 1.807) is 27.5 Å². The van der Waals surface area contributed by atoms with Crippen LogP contribution in [0.4, 0.5) is 16.2 Å². The van der Waals surface area contributed by atoms with Gasteiger partial charge in [0.2, 0.25) is 0 Å². The number of urea groups is 1. The van der Waals surface area contributed by atoms with Crippen LogP contribution < -0.4 is 19.7 Å². The summed E-state index contributed by atoms with van der Waals surface area (Å²) in [5.74, 6) is 1.26. The van der Waals surface area contributed by atoms with Crippen molar-refractivity contribution in [3.63, 3.8) is 0 Å². The third-order valence-electron chi connectivity index (χ3n) is 5.99. The predicted octanol–water partition coefficient (Wildman–Crippen LogP) is 4.21. The smallest absolute Gasteiger partial charge is 0.337 e. The summed E-state index contributed by atoms with van der Waals surface area (Å²) in [6.07, 6.45) is 4.20. The zero-order valence-corrected chi connectivity index (χ0v) is 20.1. The van der Waals surface area contributed by atoms with Crippen molar-refractivity contribution in [1.82, 2.24) is 15.3 Å². The third kappa shape index (κ3) is 4.39. The van der Waals surface area contributed by atoms with Gasteiger partial charge < -0.3 is 19.7 Å². The lowest BCUT2D eigenvalue weighted by Crippen LogP contribution is -2.41. The molecule has 0 spiro atoms. The minimum absolute atomic E-state index is 0.148. The number of benzene rings is 2. The zero-order chi connectivity index (χ0) is 24.2. The number of ether oxygens (including phenoxy) is 2.